The maximum Gasteiger partial charge on any atom is 0.261 e. The van der Waals surface area contributed by atoms with Crippen molar-refractivity contribution in [3.63, 3.8) is 0 Å². The molecule has 0 spiro atoms. The zero-order valence-corrected chi connectivity index (χ0v) is 13.4. The van der Waals surface area contributed by atoms with E-state index in [1.54, 1.807) is 12.1 Å². The number of amides is 1. The van der Waals surface area contributed by atoms with Gasteiger partial charge in [-0.1, -0.05) is 23.5 Å². The van der Waals surface area contributed by atoms with Crippen molar-refractivity contribution in [2.24, 2.45) is 0 Å². The van der Waals surface area contributed by atoms with Crippen molar-refractivity contribution in [3.8, 4) is 10.8 Å². The third kappa shape index (κ3) is 2.92. The van der Waals surface area contributed by atoms with E-state index in [-0.39, 0.29) is 11.9 Å². The summed E-state index contributed by atoms with van der Waals surface area (Å²) in [6.45, 7) is 0. The molecule has 3 heterocycles. The Morgan fingerprint density at radius 3 is 2.87 bits per heavy atom. The average molecular weight is 329 g/mol. The minimum atomic E-state index is -0.0229. The second kappa shape index (κ2) is 5.86. The number of hydrogen-bond acceptors (Lipinski definition) is 5. The molecule has 4 rings (SSSR count). The second-order valence-electron chi connectivity index (χ2n) is 6.12. The molecule has 1 aromatic heterocycles. The number of carbonyl (C=O) groups excluding carboxylic acids is 1. The molecule has 5 nitrogen and oxygen atoms in total. The fraction of sp³-hybridized carbons (Fsp3) is 0.353. The van der Waals surface area contributed by atoms with Crippen molar-refractivity contribution >= 4 is 22.9 Å². The van der Waals surface area contributed by atoms with Gasteiger partial charge >= 0.3 is 0 Å². The van der Waals surface area contributed by atoms with Crippen LogP contribution in [0.5, 0.6) is 10.8 Å². The number of nitrogen functional groups attached to an aromatic ring is 1. The van der Waals surface area contributed by atoms with E-state index in [0.29, 0.717) is 33.5 Å². The third-order valence-electron chi connectivity index (χ3n) is 4.55. The Morgan fingerprint density at radius 2 is 2.13 bits per heavy atom. The van der Waals surface area contributed by atoms with Gasteiger partial charge in [0, 0.05) is 18.1 Å². The van der Waals surface area contributed by atoms with Crippen molar-refractivity contribution in [2.75, 3.05) is 5.73 Å². The SMILES string of the molecule is Nc1ccccc1Oc1ccc(C(=O)N[C@@H]2C[C@H]3CC[C@@H]2N3)s1. The van der Waals surface area contributed by atoms with Gasteiger partial charge < -0.3 is 21.1 Å². The van der Waals surface area contributed by atoms with Gasteiger partial charge in [-0.25, -0.2) is 0 Å². The molecule has 1 aromatic carbocycles. The molecule has 120 valence electrons. The normalized spacial score (nSPS) is 25.5. The Kier molecular flexibility index (Phi) is 3.71. The molecule has 2 bridgehead atoms. The average Bonchev–Trinajstić information content (AvgIpc) is 3.26. The Bertz CT molecular complexity index is 730. The van der Waals surface area contributed by atoms with Crippen LogP contribution in [0.25, 0.3) is 0 Å². The fourth-order valence-electron chi connectivity index (χ4n) is 3.40. The minimum absolute atomic E-state index is 0.0229. The largest absolute Gasteiger partial charge is 0.445 e. The predicted octanol–water partition coefficient (Wildman–Crippen LogP) is 2.75. The molecule has 0 radical (unpaired) electrons. The summed E-state index contributed by atoms with van der Waals surface area (Å²) in [5.41, 5.74) is 6.46. The summed E-state index contributed by atoms with van der Waals surface area (Å²) in [6, 6.07) is 12.2. The van der Waals surface area contributed by atoms with Crippen molar-refractivity contribution in [1.29, 1.82) is 0 Å². The number of carbonyl (C=O) groups is 1. The van der Waals surface area contributed by atoms with E-state index >= 15 is 0 Å². The van der Waals surface area contributed by atoms with Crippen LogP contribution in [0.2, 0.25) is 0 Å². The van der Waals surface area contributed by atoms with Crippen LogP contribution >= 0.6 is 11.3 Å². The third-order valence-corrected chi connectivity index (χ3v) is 5.51. The van der Waals surface area contributed by atoms with E-state index in [4.69, 9.17) is 10.5 Å². The zero-order valence-electron chi connectivity index (χ0n) is 12.6. The van der Waals surface area contributed by atoms with Crippen LogP contribution in [0, 0.1) is 0 Å². The lowest BCUT2D eigenvalue weighted by atomic mass is 9.95. The quantitative estimate of drug-likeness (QED) is 0.754. The molecule has 0 aliphatic carbocycles. The fourth-order valence-corrected chi connectivity index (χ4v) is 4.17. The molecular formula is C17H19N3O2S. The van der Waals surface area contributed by atoms with Gasteiger partial charge in [0.25, 0.3) is 5.91 Å². The molecule has 3 atom stereocenters. The number of fused-ring (bicyclic) bond motifs is 2. The summed E-state index contributed by atoms with van der Waals surface area (Å²) in [6.07, 6.45) is 3.42. The lowest BCUT2D eigenvalue weighted by Gasteiger charge is -2.20. The second-order valence-corrected chi connectivity index (χ2v) is 7.17. The molecular weight excluding hydrogens is 310 g/mol. The maximum absolute atomic E-state index is 12.4. The molecule has 1 amide bonds. The Hall–Kier alpha value is -2.05. The highest BCUT2D eigenvalue weighted by atomic mass is 32.1. The zero-order chi connectivity index (χ0) is 15.8. The highest BCUT2D eigenvalue weighted by molar-refractivity contribution is 7.15. The van der Waals surface area contributed by atoms with Gasteiger partial charge in [0.1, 0.15) is 0 Å². The van der Waals surface area contributed by atoms with Crippen molar-refractivity contribution in [3.05, 3.63) is 41.3 Å². The number of anilines is 1. The number of rotatable bonds is 4. The molecule has 0 unspecified atom stereocenters. The van der Waals surface area contributed by atoms with Crippen LogP contribution in [-0.4, -0.2) is 24.0 Å². The van der Waals surface area contributed by atoms with E-state index in [1.807, 2.05) is 24.3 Å². The number of nitrogens with two attached hydrogens (primary N) is 1. The van der Waals surface area contributed by atoms with Crippen molar-refractivity contribution in [1.82, 2.24) is 10.6 Å². The minimum Gasteiger partial charge on any atom is -0.445 e. The molecule has 2 aliphatic rings. The van der Waals surface area contributed by atoms with Gasteiger partial charge in [0.2, 0.25) is 0 Å². The van der Waals surface area contributed by atoms with Crippen LogP contribution in [0.1, 0.15) is 28.9 Å². The summed E-state index contributed by atoms with van der Waals surface area (Å²) < 4.78 is 5.76. The molecule has 23 heavy (non-hydrogen) atoms. The van der Waals surface area contributed by atoms with Gasteiger partial charge in [-0.2, -0.15) is 0 Å². The van der Waals surface area contributed by atoms with Crippen LogP contribution in [0.15, 0.2) is 36.4 Å². The predicted molar refractivity (Wildman–Crippen MR) is 91.1 cm³/mol. The Labute approximate surface area is 138 Å². The topological polar surface area (TPSA) is 76.4 Å². The monoisotopic (exact) mass is 329 g/mol. The smallest absolute Gasteiger partial charge is 0.261 e. The summed E-state index contributed by atoms with van der Waals surface area (Å²) in [5.74, 6) is 0.587. The van der Waals surface area contributed by atoms with Crippen molar-refractivity contribution in [2.45, 2.75) is 37.4 Å². The number of hydrogen-bond donors (Lipinski definition) is 3. The summed E-state index contributed by atoms with van der Waals surface area (Å²) in [7, 11) is 0. The van der Waals surface area contributed by atoms with Gasteiger partial charge in [-0.15, -0.1) is 0 Å². The lowest BCUT2D eigenvalue weighted by Crippen LogP contribution is -2.42. The van der Waals surface area contributed by atoms with Crippen LogP contribution < -0.4 is 21.1 Å². The molecule has 2 fully saturated rings. The van der Waals surface area contributed by atoms with Gasteiger partial charge in [-0.05, 0) is 43.5 Å². The highest BCUT2D eigenvalue weighted by Gasteiger charge is 2.39. The molecule has 2 saturated heterocycles. The van der Waals surface area contributed by atoms with E-state index in [1.165, 1.54) is 17.8 Å². The first kappa shape index (κ1) is 14.5. The Balaban J connectivity index is 1.41. The van der Waals surface area contributed by atoms with E-state index in [2.05, 4.69) is 10.6 Å². The summed E-state index contributed by atoms with van der Waals surface area (Å²) in [5, 5.41) is 7.34. The molecule has 4 N–H and O–H groups in total. The van der Waals surface area contributed by atoms with E-state index < -0.39 is 0 Å². The number of nitrogens with one attached hydrogen (secondary N) is 2. The first-order valence-corrected chi connectivity index (χ1v) is 8.70. The van der Waals surface area contributed by atoms with Crippen LogP contribution in [-0.2, 0) is 0 Å². The van der Waals surface area contributed by atoms with Crippen molar-refractivity contribution < 1.29 is 9.53 Å². The van der Waals surface area contributed by atoms with Gasteiger partial charge in [-0.3, -0.25) is 4.79 Å². The standard InChI is InChI=1S/C17H19N3O2S/c18-11-3-1-2-4-14(11)22-16-8-7-15(23-16)17(21)20-13-9-10-5-6-12(13)19-10/h1-4,7-8,10,12-13,19H,5-6,9,18H2,(H,20,21)/t10-,12+,13-/m1/s1. The number of thiophene rings is 1. The maximum atomic E-state index is 12.4. The lowest BCUT2D eigenvalue weighted by molar-refractivity contribution is 0.0935. The Morgan fingerprint density at radius 1 is 1.26 bits per heavy atom. The number of para-hydroxylation sites is 2. The first-order chi connectivity index (χ1) is 11.2. The summed E-state index contributed by atoms with van der Waals surface area (Å²) >= 11 is 1.34. The molecule has 6 heteroatoms. The number of ether oxygens (including phenoxy) is 1. The molecule has 2 aromatic rings. The van der Waals surface area contributed by atoms with Gasteiger partial charge in [0.15, 0.2) is 10.8 Å². The van der Waals surface area contributed by atoms with Crippen LogP contribution in [0.4, 0.5) is 5.69 Å². The molecule has 0 saturated carbocycles. The van der Waals surface area contributed by atoms with Crippen LogP contribution in [0.3, 0.4) is 0 Å². The number of benzene rings is 1. The van der Waals surface area contributed by atoms with E-state index in [9.17, 15) is 4.79 Å². The molecule has 2 aliphatic heterocycles. The highest BCUT2D eigenvalue weighted by Crippen LogP contribution is 2.33. The summed E-state index contributed by atoms with van der Waals surface area (Å²) in [4.78, 5) is 13.1. The van der Waals surface area contributed by atoms with E-state index in [0.717, 1.165) is 12.8 Å². The first-order valence-electron chi connectivity index (χ1n) is 7.88. The van der Waals surface area contributed by atoms with Gasteiger partial charge in [0.05, 0.1) is 10.6 Å².